The van der Waals surface area contributed by atoms with Gasteiger partial charge in [-0.2, -0.15) is 4.39 Å². The lowest BCUT2D eigenvalue weighted by Gasteiger charge is -2.15. The van der Waals surface area contributed by atoms with Gasteiger partial charge < -0.3 is 14.6 Å². The van der Waals surface area contributed by atoms with Crippen LogP contribution < -0.4 is 10.1 Å². The third-order valence-electron chi connectivity index (χ3n) is 7.01. The highest BCUT2D eigenvalue weighted by Gasteiger charge is 2.51. The van der Waals surface area contributed by atoms with E-state index >= 15 is 0 Å². The molecule has 206 valence electrons. The summed E-state index contributed by atoms with van der Waals surface area (Å²) in [6, 6.07) is 17.0. The molecule has 1 aliphatic rings. The van der Waals surface area contributed by atoms with Crippen LogP contribution in [0.25, 0.3) is 21.6 Å². The third-order valence-corrected chi connectivity index (χ3v) is 7.98. The van der Waals surface area contributed by atoms with E-state index in [2.05, 4.69) is 5.32 Å². The normalized spacial score (nSPS) is 14.3. The van der Waals surface area contributed by atoms with Gasteiger partial charge in [0.25, 0.3) is 0 Å². The zero-order valence-corrected chi connectivity index (χ0v) is 22.3. The number of hydrogen-bond acceptors (Lipinski definition) is 5. The molecule has 1 amide bonds. The summed E-state index contributed by atoms with van der Waals surface area (Å²) in [6.45, 7) is 1.50. The Balaban J connectivity index is 1.35. The SMILES string of the molecule is COc1cc(-c2sc(F)cc2NC(=O)O[C@H](C)c2ccc(F)c(F)c2)ccc1-c1ccc(C2(C(=O)O)CC2)cc1. The van der Waals surface area contributed by atoms with E-state index in [0.717, 1.165) is 40.2 Å². The van der Waals surface area contributed by atoms with E-state index < -0.39 is 40.3 Å². The molecule has 0 unspecified atom stereocenters. The van der Waals surface area contributed by atoms with Crippen molar-refractivity contribution in [2.75, 3.05) is 12.4 Å². The summed E-state index contributed by atoms with van der Waals surface area (Å²) in [5, 5.41) is 11.5. The number of hydrogen-bond donors (Lipinski definition) is 2. The number of carbonyl (C=O) groups excluding carboxylic acids is 1. The van der Waals surface area contributed by atoms with Gasteiger partial charge in [-0.25, -0.2) is 13.6 Å². The Morgan fingerprint density at radius 2 is 1.65 bits per heavy atom. The molecule has 1 fully saturated rings. The van der Waals surface area contributed by atoms with E-state index in [1.807, 2.05) is 24.3 Å². The molecule has 1 saturated carbocycles. The lowest BCUT2D eigenvalue weighted by Crippen LogP contribution is -2.19. The van der Waals surface area contributed by atoms with Crippen LogP contribution in [0.1, 0.15) is 37.0 Å². The number of nitrogens with one attached hydrogen (secondary N) is 1. The number of benzene rings is 3. The maximum absolute atomic E-state index is 14.3. The summed E-state index contributed by atoms with van der Waals surface area (Å²) >= 11 is 0.824. The van der Waals surface area contributed by atoms with Gasteiger partial charge in [0.15, 0.2) is 16.8 Å². The summed E-state index contributed by atoms with van der Waals surface area (Å²) in [6.07, 6.45) is -0.553. The van der Waals surface area contributed by atoms with Gasteiger partial charge in [0, 0.05) is 11.6 Å². The van der Waals surface area contributed by atoms with Crippen LogP contribution in [0.5, 0.6) is 5.75 Å². The molecule has 10 heteroatoms. The first-order chi connectivity index (χ1) is 19.1. The fourth-order valence-electron chi connectivity index (χ4n) is 4.59. The molecule has 6 nitrogen and oxygen atoms in total. The Morgan fingerprint density at radius 3 is 2.27 bits per heavy atom. The highest BCUT2D eigenvalue weighted by molar-refractivity contribution is 7.14. The summed E-state index contributed by atoms with van der Waals surface area (Å²) < 4.78 is 52.0. The summed E-state index contributed by atoms with van der Waals surface area (Å²) in [5.74, 6) is -2.39. The molecule has 4 aromatic rings. The van der Waals surface area contributed by atoms with E-state index in [0.29, 0.717) is 29.0 Å². The third kappa shape index (κ3) is 5.27. The maximum atomic E-state index is 14.3. The molecule has 2 N–H and O–H groups in total. The van der Waals surface area contributed by atoms with Crippen molar-refractivity contribution in [2.24, 2.45) is 0 Å². The predicted molar refractivity (Wildman–Crippen MR) is 145 cm³/mol. The Morgan fingerprint density at radius 1 is 0.950 bits per heavy atom. The topological polar surface area (TPSA) is 84.9 Å². The van der Waals surface area contributed by atoms with Crippen molar-refractivity contribution in [1.82, 2.24) is 0 Å². The number of thiophene rings is 1. The van der Waals surface area contributed by atoms with Crippen LogP contribution in [0, 0.1) is 16.8 Å². The maximum Gasteiger partial charge on any atom is 0.412 e. The van der Waals surface area contributed by atoms with Crippen LogP contribution in [-0.4, -0.2) is 24.3 Å². The van der Waals surface area contributed by atoms with E-state index in [-0.39, 0.29) is 11.3 Å². The van der Waals surface area contributed by atoms with E-state index in [4.69, 9.17) is 9.47 Å². The minimum absolute atomic E-state index is 0.174. The molecule has 5 rings (SSSR count). The van der Waals surface area contributed by atoms with Crippen molar-refractivity contribution < 1.29 is 37.3 Å². The number of ether oxygens (including phenoxy) is 2. The quantitative estimate of drug-likeness (QED) is 0.226. The molecule has 0 saturated heterocycles. The van der Waals surface area contributed by atoms with Gasteiger partial charge in [0.05, 0.1) is 23.1 Å². The van der Waals surface area contributed by atoms with Gasteiger partial charge >= 0.3 is 12.1 Å². The minimum Gasteiger partial charge on any atom is -0.496 e. The Labute approximate surface area is 232 Å². The number of aliphatic carboxylic acids is 1. The first-order valence-corrected chi connectivity index (χ1v) is 13.2. The number of methoxy groups -OCH3 is 1. The van der Waals surface area contributed by atoms with Crippen molar-refractivity contribution in [3.63, 3.8) is 0 Å². The Bertz CT molecular complexity index is 1600. The summed E-state index contributed by atoms with van der Waals surface area (Å²) in [4.78, 5) is 24.6. The van der Waals surface area contributed by atoms with Crippen LogP contribution in [0.15, 0.2) is 66.7 Å². The lowest BCUT2D eigenvalue weighted by atomic mass is 9.93. The van der Waals surface area contributed by atoms with Gasteiger partial charge in [0.1, 0.15) is 11.9 Å². The number of anilines is 1. The number of amides is 1. The monoisotopic (exact) mass is 567 g/mol. The molecule has 1 atom stereocenters. The van der Waals surface area contributed by atoms with Gasteiger partial charge in [-0.05, 0) is 60.2 Å². The van der Waals surface area contributed by atoms with Crippen LogP contribution in [0.3, 0.4) is 0 Å². The molecule has 1 aliphatic carbocycles. The van der Waals surface area contributed by atoms with Crippen molar-refractivity contribution in [3.05, 3.63) is 94.6 Å². The summed E-state index contributed by atoms with van der Waals surface area (Å²) in [5.41, 5.74) is 2.55. The molecule has 1 heterocycles. The number of carboxylic acid groups (broad SMARTS) is 1. The van der Waals surface area contributed by atoms with Crippen LogP contribution in [0.2, 0.25) is 0 Å². The highest BCUT2D eigenvalue weighted by atomic mass is 32.1. The minimum atomic E-state index is -1.06. The average molecular weight is 568 g/mol. The highest BCUT2D eigenvalue weighted by Crippen LogP contribution is 2.49. The standard InChI is InChI=1S/C30H24F3NO5S/c1-16(18-6-10-22(31)23(32)13-18)39-29(37)34-24-15-26(33)40-27(24)19-5-9-21(25(14-19)38-2)17-3-7-20(8-4-17)30(11-12-30)28(35)36/h3-10,13-16H,11-12H2,1-2H3,(H,34,37)(H,35,36)/t16-/m1/s1. The van der Waals surface area contributed by atoms with Gasteiger partial charge in [-0.3, -0.25) is 10.1 Å². The molecular weight excluding hydrogens is 543 g/mol. The molecule has 1 aromatic heterocycles. The first kappa shape index (κ1) is 27.3. The molecule has 0 radical (unpaired) electrons. The molecule has 0 spiro atoms. The second kappa shape index (κ2) is 10.7. The van der Waals surface area contributed by atoms with E-state index in [1.165, 1.54) is 26.2 Å². The second-order valence-corrected chi connectivity index (χ2v) is 10.5. The van der Waals surface area contributed by atoms with Crippen molar-refractivity contribution in [3.8, 4) is 27.3 Å². The number of halogens is 3. The summed E-state index contributed by atoms with van der Waals surface area (Å²) in [7, 11) is 1.51. The Hall–Kier alpha value is -4.31. The van der Waals surface area contributed by atoms with Crippen LogP contribution in [-0.2, 0) is 14.9 Å². The molecule has 40 heavy (non-hydrogen) atoms. The van der Waals surface area contributed by atoms with Crippen LogP contribution >= 0.6 is 11.3 Å². The van der Waals surface area contributed by atoms with Crippen molar-refractivity contribution >= 4 is 29.1 Å². The van der Waals surface area contributed by atoms with Crippen molar-refractivity contribution in [2.45, 2.75) is 31.3 Å². The van der Waals surface area contributed by atoms with Crippen LogP contribution in [0.4, 0.5) is 23.7 Å². The fraction of sp³-hybridized carbons (Fsp3) is 0.200. The molecule has 3 aromatic carbocycles. The van der Waals surface area contributed by atoms with Gasteiger partial charge in [-0.1, -0.05) is 42.5 Å². The molecule has 0 aliphatic heterocycles. The molecule has 0 bridgehead atoms. The Kier molecular flexibility index (Phi) is 7.29. The smallest absolute Gasteiger partial charge is 0.412 e. The first-order valence-electron chi connectivity index (χ1n) is 12.4. The fourth-order valence-corrected chi connectivity index (χ4v) is 5.43. The zero-order chi connectivity index (χ0) is 28.6. The zero-order valence-electron chi connectivity index (χ0n) is 21.5. The van der Waals surface area contributed by atoms with E-state index in [1.54, 1.807) is 18.2 Å². The number of rotatable bonds is 8. The van der Waals surface area contributed by atoms with E-state index in [9.17, 15) is 27.9 Å². The number of carbonyl (C=O) groups is 2. The van der Waals surface area contributed by atoms with Gasteiger partial charge in [-0.15, -0.1) is 11.3 Å². The van der Waals surface area contributed by atoms with Crippen molar-refractivity contribution in [1.29, 1.82) is 0 Å². The lowest BCUT2D eigenvalue weighted by molar-refractivity contribution is -0.140. The average Bonchev–Trinajstić information content (AvgIpc) is 3.67. The predicted octanol–water partition coefficient (Wildman–Crippen LogP) is 7.93. The number of carboxylic acids is 1. The second-order valence-electron chi connectivity index (χ2n) is 9.52. The largest absolute Gasteiger partial charge is 0.496 e. The van der Waals surface area contributed by atoms with Gasteiger partial charge in [0.2, 0.25) is 0 Å². The molecular formula is C30H24F3NO5S.